The minimum atomic E-state index is -0.512. The van der Waals surface area contributed by atoms with E-state index in [-0.39, 0.29) is 18.7 Å². The van der Waals surface area contributed by atoms with Crippen LogP contribution in [0.1, 0.15) is 27.6 Å². The van der Waals surface area contributed by atoms with E-state index in [9.17, 15) is 4.79 Å². The molecule has 3 heterocycles. The maximum atomic E-state index is 13.1. The van der Waals surface area contributed by atoms with Crippen LogP contribution in [0.15, 0.2) is 53.9 Å². The summed E-state index contributed by atoms with van der Waals surface area (Å²) in [5, 5.41) is 2.07. The van der Waals surface area contributed by atoms with Gasteiger partial charge in [-0.15, -0.1) is 11.3 Å². The first-order valence-electron chi connectivity index (χ1n) is 9.57. The summed E-state index contributed by atoms with van der Waals surface area (Å²) in [6, 6.07) is 15.6. The number of para-hydroxylation sites is 1. The van der Waals surface area contributed by atoms with Gasteiger partial charge in [-0.1, -0.05) is 24.3 Å². The van der Waals surface area contributed by atoms with Crippen LogP contribution in [-0.4, -0.2) is 23.7 Å². The number of ether oxygens (including phenoxy) is 3. The fourth-order valence-electron chi connectivity index (χ4n) is 3.84. The second-order valence-electron chi connectivity index (χ2n) is 7.37. The zero-order valence-corrected chi connectivity index (χ0v) is 17.1. The third-order valence-electron chi connectivity index (χ3n) is 5.46. The van der Waals surface area contributed by atoms with Gasteiger partial charge in [0.2, 0.25) is 12.9 Å². The number of rotatable bonds is 5. The highest BCUT2D eigenvalue weighted by Crippen LogP contribution is 2.43. The Balaban J connectivity index is 1.43. The number of aryl methyl sites for hydroxylation is 2. The lowest BCUT2D eigenvalue weighted by atomic mass is 9.93. The van der Waals surface area contributed by atoms with Crippen LogP contribution < -0.4 is 14.2 Å². The molecule has 0 N–H and O–H groups in total. The van der Waals surface area contributed by atoms with E-state index < -0.39 is 6.10 Å². The molecular weight excluding hydrogens is 386 g/mol. The molecule has 2 aromatic carbocycles. The Kier molecular flexibility index (Phi) is 4.43. The normalized spacial score (nSPS) is 19.9. The van der Waals surface area contributed by atoms with Gasteiger partial charge in [0.15, 0.2) is 11.5 Å². The Morgan fingerprint density at radius 2 is 1.90 bits per heavy atom. The minimum Gasteiger partial charge on any atom is -0.478 e. The number of hydrogen-bond donors (Lipinski definition) is 0. The molecule has 6 heteroatoms. The topological polar surface area (TPSA) is 48.0 Å². The molecule has 5 rings (SSSR count). The van der Waals surface area contributed by atoms with Gasteiger partial charge in [-0.3, -0.25) is 4.79 Å². The summed E-state index contributed by atoms with van der Waals surface area (Å²) in [4.78, 5) is 16.1. The predicted molar refractivity (Wildman–Crippen MR) is 111 cm³/mol. The predicted octanol–water partition coefficient (Wildman–Crippen LogP) is 4.62. The van der Waals surface area contributed by atoms with Crippen molar-refractivity contribution in [2.45, 2.75) is 32.5 Å². The highest BCUT2D eigenvalue weighted by molar-refractivity contribution is 7.10. The number of likely N-dealkylation sites (tertiary alicyclic amines) is 1. The maximum Gasteiger partial charge on any atom is 0.267 e. The molecule has 0 unspecified atom stereocenters. The highest BCUT2D eigenvalue weighted by Gasteiger charge is 2.51. The summed E-state index contributed by atoms with van der Waals surface area (Å²) >= 11 is 1.67. The molecule has 0 radical (unpaired) electrons. The Morgan fingerprint density at radius 3 is 2.69 bits per heavy atom. The lowest BCUT2D eigenvalue weighted by Crippen LogP contribution is -2.60. The number of hydrogen-bond acceptors (Lipinski definition) is 5. The van der Waals surface area contributed by atoms with Gasteiger partial charge in [-0.05, 0) is 60.2 Å². The summed E-state index contributed by atoms with van der Waals surface area (Å²) in [6.07, 6.45) is -0.512. The first kappa shape index (κ1) is 18.1. The third-order valence-corrected chi connectivity index (χ3v) is 6.55. The van der Waals surface area contributed by atoms with Crippen molar-refractivity contribution in [3.63, 3.8) is 0 Å². The van der Waals surface area contributed by atoms with Crippen molar-refractivity contribution in [3.8, 4) is 17.2 Å². The Bertz CT molecular complexity index is 1080. The van der Waals surface area contributed by atoms with Crippen molar-refractivity contribution in [1.29, 1.82) is 0 Å². The van der Waals surface area contributed by atoms with Gasteiger partial charge < -0.3 is 19.1 Å². The monoisotopic (exact) mass is 407 g/mol. The fourth-order valence-corrected chi connectivity index (χ4v) is 4.90. The van der Waals surface area contributed by atoms with E-state index in [1.165, 1.54) is 10.4 Å². The first-order chi connectivity index (χ1) is 14.1. The minimum absolute atomic E-state index is 0.00344. The molecule has 2 atom stereocenters. The average molecular weight is 407 g/mol. The van der Waals surface area contributed by atoms with Gasteiger partial charge in [0.1, 0.15) is 11.8 Å². The van der Waals surface area contributed by atoms with Crippen molar-refractivity contribution in [2.24, 2.45) is 0 Å². The Morgan fingerprint density at radius 1 is 1.07 bits per heavy atom. The number of carbonyl (C=O) groups is 1. The lowest BCUT2D eigenvalue weighted by Gasteiger charge is -2.46. The van der Waals surface area contributed by atoms with Crippen molar-refractivity contribution < 1.29 is 19.0 Å². The Hall–Kier alpha value is -2.99. The summed E-state index contributed by atoms with van der Waals surface area (Å²) in [5.74, 6) is 2.23. The van der Waals surface area contributed by atoms with Crippen LogP contribution in [0.2, 0.25) is 0 Å². The van der Waals surface area contributed by atoms with Crippen LogP contribution in [0.5, 0.6) is 17.2 Å². The van der Waals surface area contributed by atoms with E-state index >= 15 is 0 Å². The molecular formula is C23H21NO4S. The Labute approximate surface area is 173 Å². The molecule has 2 aliphatic heterocycles. The standard InChI is InChI=1S/C23H21NO4S/c1-14-5-3-4-6-17(14)28-21-20(22-15(2)9-10-29-22)24(23(21)25)12-16-7-8-18-19(11-16)27-13-26-18/h3-11,20-21H,12-13H2,1-2H3/t20-,21+/m0/s1. The van der Waals surface area contributed by atoms with E-state index in [0.717, 1.165) is 28.4 Å². The molecule has 1 fully saturated rings. The van der Waals surface area contributed by atoms with Crippen LogP contribution in [0, 0.1) is 13.8 Å². The molecule has 5 nitrogen and oxygen atoms in total. The number of β-lactam (4-membered cyclic amide) rings is 1. The molecule has 0 bridgehead atoms. The van der Waals surface area contributed by atoms with Gasteiger partial charge in [0, 0.05) is 11.4 Å². The number of thiophene rings is 1. The van der Waals surface area contributed by atoms with Gasteiger partial charge >= 0.3 is 0 Å². The van der Waals surface area contributed by atoms with Gasteiger partial charge in [-0.25, -0.2) is 0 Å². The number of fused-ring (bicyclic) bond motifs is 1. The largest absolute Gasteiger partial charge is 0.478 e. The molecule has 29 heavy (non-hydrogen) atoms. The van der Waals surface area contributed by atoms with Crippen LogP contribution in [0.4, 0.5) is 0 Å². The average Bonchev–Trinajstić information content (AvgIpc) is 3.36. The van der Waals surface area contributed by atoms with E-state index in [4.69, 9.17) is 14.2 Å². The molecule has 148 valence electrons. The molecule has 1 saturated heterocycles. The number of nitrogens with zero attached hydrogens (tertiary/aromatic N) is 1. The summed E-state index contributed by atoms with van der Waals surface area (Å²) in [6.45, 7) is 4.82. The van der Waals surface area contributed by atoms with Crippen LogP contribution >= 0.6 is 11.3 Å². The van der Waals surface area contributed by atoms with E-state index in [2.05, 4.69) is 18.4 Å². The van der Waals surface area contributed by atoms with E-state index in [1.54, 1.807) is 11.3 Å². The van der Waals surface area contributed by atoms with Crippen molar-refractivity contribution in [2.75, 3.05) is 6.79 Å². The molecule has 0 spiro atoms. The number of benzene rings is 2. The van der Waals surface area contributed by atoms with E-state index in [0.29, 0.717) is 6.54 Å². The first-order valence-corrected chi connectivity index (χ1v) is 10.4. The second-order valence-corrected chi connectivity index (χ2v) is 8.32. The maximum absolute atomic E-state index is 13.1. The summed E-state index contributed by atoms with van der Waals surface area (Å²) in [5.41, 5.74) is 3.22. The quantitative estimate of drug-likeness (QED) is 0.579. The lowest BCUT2D eigenvalue weighted by molar-refractivity contribution is -0.165. The summed E-state index contributed by atoms with van der Waals surface area (Å²) in [7, 11) is 0. The van der Waals surface area contributed by atoms with Crippen molar-refractivity contribution in [3.05, 3.63) is 75.5 Å². The molecule has 1 amide bonds. The SMILES string of the molecule is Cc1ccccc1O[C@H]1C(=O)N(Cc2ccc3c(c2)OCO3)[C@@H]1c1sccc1C. The van der Waals surface area contributed by atoms with Crippen LogP contribution in [0.25, 0.3) is 0 Å². The van der Waals surface area contributed by atoms with Crippen LogP contribution in [0.3, 0.4) is 0 Å². The summed E-state index contributed by atoms with van der Waals surface area (Å²) < 4.78 is 17.1. The van der Waals surface area contributed by atoms with Gasteiger partial charge in [-0.2, -0.15) is 0 Å². The molecule has 2 aliphatic rings. The number of amides is 1. The van der Waals surface area contributed by atoms with Crippen molar-refractivity contribution >= 4 is 17.2 Å². The molecule has 0 aliphatic carbocycles. The zero-order valence-electron chi connectivity index (χ0n) is 16.3. The fraction of sp³-hybridized carbons (Fsp3) is 0.261. The smallest absolute Gasteiger partial charge is 0.267 e. The molecule has 0 saturated carbocycles. The highest BCUT2D eigenvalue weighted by atomic mass is 32.1. The molecule has 1 aromatic heterocycles. The number of carbonyl (C=O) groups excluding carboxylic acids is 1. The second kappa shape index (κ2) is 7.12. The molecule has 3 aromatic rings. The van der Waals surface area contributed by atoms with Gasteiger partial charge in [0.05, 0.1) is 0 Å². The third kappa shape index (κ3) is 3.13. The van der Waals surface area contributed by atoms with E-state index in [1.807, 2.05) is 54.3 Å². The van der Waals surface area contributed by atoms with Crippen LogP contribution in [-0.2, 0) is 11.3 Å². The zero-order chi connectivity index (χ0) is 20.0. The van der Waals surface area contributed by atoms with Gasteiger partial charge in [0.25, 0.3) is 5.91 Å². The van der Waals surface area contributed by atoms with Crippen molar-refractivity contribution in [1.82, 2.24) is 4.90 Å².